The number of hydrogen-bond acceptors (Lipinski definition) is 23. The fraction of sp³-hybridized carbons (Fsp3) is 0.500. The van der Waals surface area contributed by atoms with Crippen LogP contribution in [-0.2, 0) is 106 Å². The highest BCUT2D eigenvalue weighted by Crippen LogP contribution is 2.41. The zero-order chi connectivity index (χ0) is 64.2. The van der Waals surface area contributed by atoms with E-state index in [1.54, 1.807) is 38.5 Å². The number of aliphatic hydroxyl groups excluding tert-OH is 1. The molecule has 5 atom stereocenters. The summed E-state index contributed by atoms with van der Waals surface area (Å²) in [6, 6.07) is 22.6. The van der Waals surface area contributed by atoms with E-state index in [0.717, 1.165) is 27.5 Å². The molecule has 5 unspecified atom stereocenters. The van der Waals surface area contributed by atoms with Crippen molar-refractivity contribution in [2.24, 2.45) is 0 Å². The number of allylic oxidation sites excluding steroid dienone is 1. The summed E-state index contributed by atoms with van der Waals surface area (Å²) in [6.07, 6.45) is -5.40. The van der Waals surface area contributed by atoms with Crippen LogP contribution in [0.5, 0.6) is 11.5 Å². The Bertz CT molecular complexity index is 3100. The number of esters is 5. The van der Waals surface area contributed by atoms with Crippen molar-refractivity contribution in [1.29, 1.82) is 0 Å². The fourth-order valence-corrected chi connectivity index (χ4v) is 9.24. The molecule has 3 N–H and O–H groups in total. The average Bonchev–Trinajstić information content (AvgIpc) is 1.19. The van der Waals surface area contributed by atoms with Crippen molar-refractivity contribution in [3.8, 4) is 11.5 Å². The van der Waals surface area contributed by atoms with Gasteiger partial charge in [-0.25, -0.2) is 28.1 Å². The number of benzene rings is 3. The van der Waals surface area contributed by atoms with E-state index in [1.165, 1.54) is 13.8 Å². The molecule has 28 heteroatoms. The van der Waals surface area contributed by atoms with Crippen molar-refractivity contribution in [1.82, 2.24) is 24.3 Å². The van der Waals surface area contributed by atoms with E-state index >= 15 is 0 Å². The standard InChI is InChI=1S/C60H77N5O23/c1-39(66)16-25-52(73)82-32-28-64-57(74)63(58(75)65(59(64)76)29-33-85-60(44-12-9-8-10-13-44,45-17-21-47(77-6)22-18-45)46-19-23-48(78-7)24-20-46)27-31-81-51(72)15-11-14-50(71)61-26-30-79-34-35-80-36-37-83-56-53(62-40(2)67)55(87-43(5)70)54(86-42(4)69)49(88-56)38-84-41(3)68/h8-10,12-13,17-24,49,53-56,66H,1,11,14-16,25-38H2,2-7H3,(H,61,71)(H,62,67). The molecule has 1 fully saturated rings. The van der Waals surface area contributed by atoms with E-state index in [1.807, 2.05) is 54.6 Å². The number of carbonyl (C=O) groups is 7. The van der Waals surface area contributed by atoms with Crippen LogP contribution in [0, 0.1) is 0 Å². The maximum absolute atomic E-state index is 14.2. The summed E-state index contributed by atoms with van der Waals surface area (Å²) >= 11 is 0. The number of nitrogens with one attached hydrogen (secondary N) is 2. The van der Waals surface area contributed by atoms with Gasteiger partial charge < -0.3 is 72.6 Å². The first-order valence-corrected chi connectivity index (χ1v) is 28.2. The van der Waals surface area contributed by atoms with Crippen LogP contribution in [0.1, 0.15) is 76.5 Å². The van der Waals surface area contributed by atoms with E-state index in [2.05, 4.69) is 17.2 Å². The molecule has 1 aromatic heterocycles. The predicted molar refractivity (Wildman–Crippen MR) is 309 cm³/mol. The van der Waals surface area contributed by atoms with Gasteiger partial charge in [-0.2, -0.15) is 0 Å². The Morgan fingerprint density at radius 2 is 1.08 bits per heavy atom. The van der Waals surface area contributed by atoms with Crippen LogP contribution in [-0.4, -0.2) is 171 Å². The third-order valence-electron chi connectivity index (χ3n) is 13.3. The van der Waals surface area contributed by atoms with Crippen LogP contribution in [0.4, 0.5) is 0 Å². The molecule has 1 aliphatic heterocycles. The monoisotopic (exact) mass is 1240 g/mol. The molecule has 0 saturated carbocycles. The first kappa shape index (κ1) is 70.1. The Morgan fingerprint density at radius 3 is 1.59 bits per heavy atom. The maximum atomic E-state index is 14.2. The lowest BCUT2D eigenvalue weighted by Gasteiger charge is -2.44. The minimum absolute atomic E-state index is 0.0140. The number of carbonyl (C=O) groups excluding carboxylic acids is 7. The average molecular weight is 1240 g/mol. The number of aliphatic hydroxyl groups is 1. The lowest BCUT2D eigenvalue weighted by atomic mass is 9.80. The lowest BCUT2D eigenvalue weighted by Crippen LogP contribution is -2.66. The van der Waals surface area contributed by atoms with Gasteiger partial charge in [-0.05, 0) is 47.4 Å². The van der Waals surface area contributed by atoms with Gasteiger partial charge >= 0.3 is 46.9 Å². The van der Waals surface area contributed by atoms with E-state index in [4.69, 9.17) is 56.8 Å². The van der Waals surface area contributed by atoms with Crippen LogP contribution in [0.3, 0.4) is 0 Å². The second-order valence-corrected chi connectivity index (χ2v) is 19.7. The highest BCUT2D eigenvalue weighted by atomic mass is 16.7. The first-order chi connectivity index (χ1) is 42.2. The molecule has 1 aliphatic rings. The summed E-state index contributed by atoms with van der Waals surface area (Å²) < 4.78 is 69.4. The van der Waals surface area contributed by atoms with Crippen molar-refractivity contribution in [2.45, 2.75) is 116 Å². The maximum Gasteiger partial charge on any atom is 0.336 e. The molecule has 88 heavy (non-hydrogen) atoms. The molecule has 4 aromatic rings. The summed E-state index contributed by atoms with van der Waals surface area (Å²) in [5, 5.41) is 14.7. The van der Waals surface area contributed by atoms with E-state index in [9.17, 15) is 53.1 Å². The number of rotatable bonds is 37. The van der Waals surface area contributed by atoms with Gasteiger partial charge in [0.1, 0.15) is 49.1 Å². The summed E-state index contributed by atoms with van der Waals surface area (Å²) in [5.41, 5.74) is -2.42. The topological polar surface area (TPSA) is 341 Å². The molecule has 0 radical (unpaired) electrons. The van der Waals surface area contributed by atoms with Crippen molar-refractivity contribution >= 4 is 41.7 Å². The van der Waals surface area contributed by atoms with E-state index in [0.29, 0.717) is 28.2 Å². The lowest BCUT2D eigenvalue weighted by molar-refractivity contribution is -0.279. The molecule has 0 bridgehead atoms. The second-order valence-electron chi connectivity index (χ2n) is 19.7. The molecule has 28 nitrogen and oxygen atoms in total. The molecule has 1 saturated heterocycles. The molecule has 3 aromatic carbocycles. The predicted octanol–water partition coefficient (Wildman–Crippen LogP) is 2.13. The molecular formula is C60H77N5O23. The number of ether oxygens (including phenoxy) is 12. The van der Waals surface area contributed by atoms with Crippen LogP contribution >= 0.6 is 0 Å². The number of amides is 2. The van der Waals surface area contributed by atoms with Gasteiger partial charge in [-0.15, -0.1) is 0 Å². The first-order valence-electron chi connectivity index (χ1n) is 28.2. The second kappa shape index (κ2) is 35.8. The van der Waals surface area contributed by atoms with Gasteiger partial charge in [-0.3, -0.25) is 33.6 Å². The van der Waals surface area contributed by atoms with Crippen LogP contribution in [0.15, 0.2) is 106 Å². The van der Waals surface area contributed by atoms with Gasteiger partial charge in [-0.1, -0.05) is 61.2 Å². The number of aromatic nitrogens is 3. The quantitative estimate of drug-likeness (QED) is 0.0191. The molecule has 2 heterocycles. The van der Waals surface area contributed by atoms with Crippen molar-refractivity contribution < 1.29 is 95.5 Å². The SMILES string of the molecule is C=C(O)CCC(=O)OCCn1c(=O)n(CCOC(=O)CCCC(=O)NCCOCCOCCOC2OC(COC(C)=O)C(OC(C)=O)C(OC(C)=O)C2NC(C)=O)c(=O)n(CCOC(c2ccccc2)(c2ccc(OC)cc2)c2ccc(OC)cc2)c1=O. The van der Waals surface area contributed by atoms with Crippen LogP contribution < -0.4 is 37.2 Å². The van der Waals surface area contributed by atoms with Crippen LogP contribution in [0.2, 0.25) is 0 Å². The number of methoxy groups -OCH3 is 2. The highest BCUT2D eigenvalue weighted by Gasteiger charge is 2.51. The van der Waals surface area contributed by atoms with Gasteiger partial charge in [0.2, 0.25) is 11.8 Å². The molecule has 0 spiro atoms. The van der Waals surface area contributed by atoms with E-state index in [-0.39, 0.29) is 103 Å². The van der Waals surface area contributed by atoms with Crippen molar-refractivity contribution in [3.63, 3.8) is 0 Å². The van der Waals surface area contributed by atoms with Crippen molar-refractivity contribution in [3.05, 3.63) is 139 Å². The molecule has 2 amide bonds. The largest absolute Gasteiger partial charge is 0.513 e. The Balaban J connectivity index is 1.12. The fourth-order valence-electron chi connectivity index (χ4n) is 9.24. The minimum atomic E-state index is -1.34. The number of nitrogens with zero attached hydrogens (tertiary/aromatic N) is 3. The van der Waals surface area contributed by atoms with Gasteiger partial charge in [0, 0.05) is 53.5 Å². The Kier molecular flexibility index (Phi) is 28.5. The van der Waals surface area contributed by atoms with Gasteiger partial charge in [0.15, 0.2) is 18.5 Å². The number of hydrogen-bond donors (Lipinski definition) is 3. The molecule has 480 valence electrons. The molecule has 5 rings (SSSR count). The summed E-state index contributed by atoms with van der Waals surface area (Å²) in [4.78, 5) is 128. The van der Waals surface area contributed by atoms with Crippen molar-refractivity contribution in [2.75, 3.05) is 80.2 Å². The van der Waals surface area contributed by atoms with Gasteiger partial charge in [0.05, 0.1) is 85.7 Å². The van der Waals surface area contributed by atoms with Crippen LogP contribution in [0.25, 0.3) is 0 Å². The van der Waals surface area contributed by atoms with E-state index < -0.39 is 115 Å². The Hall–Kier alpha value is -8.70. The Morgan fingerprint density at radius 1 is 0.580 bits per heavy atom. The normalized spacial score (nSPS) is 16.3. The summed E-state index contributed by atoms with van der Waals surface area (Å²) in [6.45, 7) is 5.47. The zero-order valence-electron chi connectivity index (χ0n) is 50.1. The zero-order valence-corrected chi connectivity index (χ0v) is 50.1. The third kappa shape index (κ3) is 21.3. The molecular weight excluding hydrogens is 1160 g/mol. The summed E-state index contributed by atoms with van der Waals surface area (Å²) in [5.74, 6) is -3.60. The molecule has 0 aliphatic carbocycles. The third-order valence-corrected chi connectivity index (χ3v) is 13.3. The highest BCUT2D eigenvalue weighted by molar-refractivity contribution is 5.77. The Labute approximate surface area is 506 Å². The minimum Gasteiger partial charge on any atom is -0.513 e. The smallest absolute Gasteiger partial charge is 0.336 e. The van der Waals surface area contributed by atoms with Gasteiger partial charge in [0.25, 0.3) is 0 Å². The summed E-state index contributed by atoms with van der Waals surface area (Å²) in [7, 11) is 3.08.